The highest BCUT2D eigenvalue weighted by Crippen LogP contribution is 2.33. The highest BCUT2D eigenvalue weighted by atomic mass is 79.9. The molecule has 0 radical (unpaired) electrons. The van der Waals surface area contributed by atoms with E-state index in [4.69, 9.17) is 5.11 Å². The molecule has 76 valence electrons. The molecule has 1 aromatic rings. The van der Waals surface area contributed by atoms with Gasteiger partial charge in [-0.1, -0.05) is 0 Å². The van der Waals surface area contributed by atoms with E-state index >= 15 is 0 Å². The van der Waals surface area contributed by atoms with Gasteiger partial charge in [-0.3, -0.25) is 10.1 Å². The molecule has 0 aromatic carbocycles. The van der Waals surface area contributed by atoms with Gasteiger partial charge in [0.2, 0.25) is 0 Å². The Kier molecular flexibility index (Phi) is 2.90. The predicted octanol–water partition coefficient (Wildman–Crippen LogP) is 2.39. The number of aliphatic carboxylic acids is 1. The van der Waals surface area contributed by atoms with E-state index in [0.717, 1.165) is 10.9 Å². The van der Waals surface area contributed by atoms with Crippen LogP contribution in [0.25, 0.3) is 0 Å². The molecule has 2 N–H and O–H groups in total. The summed E-state index contributed by atoms with van der Waals surface area (Å²) in [5, 5.41) is 16.0. The van der Waals surface area contributed by atoms with Crippen LogP contribution in [0.3, 0.4) is 0 Å². The zero-order valence-corrected chi connectivity index (χ0v) is 9.77. The number of nitrogens with one attached hydrogen (secondary N) is 1. The molecular weight excluding hydrogens is 266 g/mol. The number of hydrogen-bond donors (Lipinski definition) is 2. The highest BCUT2D eigenvalue weighted by Gasteiger charge is 2.30. The number of thiophene rings is 1. The number of halogens is 1. The van der Waals surface area contributed by atoms with Gasteiger partial charge in [-0.25, -0.2) is 0 Å². The molecule has 2 heterocycles. The summed E-state index contributed by atoms with van der Waals surface area (Å²) in [4.78, 5) is 10.7. The molecular formula is C9H10BrNO2S. The SMILES string of the molecule is O=C(O)[C@@H]1CC[C@H](c2cscc2Br)N1. The molecule has 1 aliphatic heterocycles. The molecule has 0 unspecified atom stereocenters. The minimum Gasteiger partial charge on any atom is -0.480 e. The van der Waals surface area contributed by atoms with Gasteiger partial charge < -0.3 is 5.11 Å². The lowest BCUT2D eigenvalue weighted by atomic mass is 10.1. The van der Waals surface area contributed by atoms with E-state index in [2.05, 4.69) is 26.6 Å². The van der Waals surface area contributed by atoms with Gasteiger partial charge in [-0.15, -0.1) is 0 Å². The molecule has 2 atom stereocenters. The van der Waals surface area contributed by atoms with Crippen LogP contribution in [0.15, 0.2) is 15.2 Å². The first-order chi connectivity index (χ1) is 6.68. The molecule has 0 spiro atoms. The Morgan fingerprint density at radius 1 is 1.57 bits per heavy atom. The molecule has 0 aliphatic carbocycles. The van der Waals surface area contributed by atoms with Crippen LogP contribution in [0.1, 0.15) is 24.4 Å². The van der Waals surface area contributed by atoms with E-state index in [0.29, 0.717) is 6.42 Å². The van der Waals surface area contributed by atoms with Crippen molar-refractivity contribution in [1.82, 2.24) is 5.32 Å². The summed E-state index contributed by atoms with van der Waals surface area (Å²) < 4.78 is 1.08. The third kappa shape index (κ3) is 1.85. The van der Waals surface area contributed by atoms with Gasteiger partial charge >= 0.3 is 5.97 Å². The molecule has 2 rings (SSSR count). The Balaban J connectivity index is 2.10. The minimum absolute atomic E-state index is 0.191. The van der Waals surface area contributed by atoms with Crippen LogP contribution in [0.2, 0.25) is 0 Å². The van der Waals surface area contributed by atoms with Crippen LogP contribution in [0.5, 0.6) is 0 Å². The number of carbonyl (C=O) groups is 1. The fraction of sp³-hybridized carbons (Fsp3) is 0.444. The van der Waals surface area contributed by atoms with Crippen LogP contribution in [0.4, 0.5) is 0 Å². The largest absolute Gasteiger partial charge is 0.480 e. The summed E-state index contributed by atoms with van der Waals surface area (Å²) in [6, 6.07) is -0.191. The molecule has 1 fully saturated rings. The Hall–Kier alpha value is -0.390. The maximum atomic E-state index is 10.7. The fourth-order valence-electron chi connectivity index (χ4n) is 1.72. The molecule has 0 amide bonds. The van der Waals surface area contributed by atoms with Crippen molar-refractivity contribution in [3.63, 3.8) is 0 Å². The van der Waals surface area contributed by atoms with E-state index in [9.17, 15) is 4.79 Å². The van der Waals surface area contributed by atoms with Crippen molar-refractivity contribution >= 4 is 33.2 Å². The van der Waals surface area contributed by atoms with Crippen molar-refractivity contribution in [3.05, 3.63) is 20.8 Å². The average Bonchev–Trinajstić information content (AvgIpc) is 2.71. The normalized spacial score (nSPS) is 26.6. The Bertz CT molecular complexity index is 352. The molecule has 1 aromatic heterocycles. The van der Waals surface area contributed by atoms with Gasteiger partial charge in [0, 0.05) is 15.9 Å². The lowest BCUT2D eigenvalue weighted by Crippen LogP contribution is -2.31. The van der Waals surface area contributed by atoms with Gasteiger partial charge in [-0.05, 0) is 39.7 Å². The van der Waals surface area contributed by atoms with Crippen molar-refractivity contribution < 1.29 is 9.90 Å². The van der Waals surface area contributed by atoms with Crippen molar-refractivity contribution in [2.45, 2.75) is 24.9 Å². The predicted molar refractivity (Wildman–Crippen MR) is 58.6 cm³/mol. The lowest BCUT2D eigenvalue weighted by Gasteiger charge is -2.10. The molecule has 0 saturated carbocycles. The maximum absolute atomic E-state index is 10.7. The van der Waals surface area contributed by atoms with Crippen molar-refractivity contribution in [2.75, 3.05) is 0 Å². The van der Waals surface area contributed by atoms with Crippen molar-refractivity contribution in [1.29, 1.82) is 0 Å². The summed E-state index contributed by atoms with van der Waals surface area (Å²) in [5.41, 5.74) is 1.18. The molecule has 5 heteroatoms. The van der Waals surface area contributed by atoms with E-state index in [1.54, 1.807) is 11.3 Å². The van der Waals surface area contributed by atoms with Crippen molar-refractivity contribution in [3.8, 4) is 0 Å². The van der Waals surface area contributed by atoms with Gasteiger partial charge in [0.15, 0.2) is 0 Å². The maximum Gasteiger partial charge on any atom is 0.320 e. The zero-order valence-electron chi connectivity index (χ0n) is 7.37. The Morgan fingerprint density at radius 3 is 2.86 bits per heavy atom. The topological polar surface area (TPSA) is 49.3 Å². The molecule has 0 bridgehead atoms. The van der Waals surface area contributed by atoms with Gasteiger partial charge in [0.05, 0.1) is 0 Å². The number of hydrogen-bond acceptors (Lipinski definition) is 3. The fourth-order valence-corrected chi connectivity index (χ4v) is 3.35. The monoisotopic (exact) mass is 275 g/mol. The quantitative estimate of drug-likeness (QED) is 0.872. The van der Waals surface area contributed by atoms with Gasteiger partial charge in [0.1, 0.15) is 6.04 Å². The minimum atomic E-state index is -0.751. The molecule has 3 nitrogen and oxygen atoms in total. The Labute approximate surface area is 94.3 Å². The van der Waals surface area contributed by atoms with Crippen LogP contribution < -0.4 is 5.32 Å². The summed E-state index contributed by atoms with van der Waals surface area (Å²) in [6.07, 6.45) is 1.61. The number of carboxylic acid groups (broad SMARTS) is 1. The molecule has 1 saturated heterocycles. The standard InChI is InChI=1S/C9H10BrNO2S/c10-6-4-14-3-5(6)7-1-2-8(11-7)9(12)13/h3-4,7-8,11H,1-2H2,(H,12,13)/t7-,8+/m1/s1. The molecule has 1 aliphatic rings. The second kappa shape index (κ2) is 4.00. The first-order valence-corrected chi connectivity index (χ1v) is 6.12. The number of rotatable bonds is 2. The summed E-state index contributed by atoms with van der Waals surface area (Å²) in [7, 11) is 0. The second-order valence-electron chi connectivity index (χ2n) is 3.36. The third-order valence-electron chi connectivity index (χ3n) is 2.46. The molecule has 14 heavy (non-hydrogen) atoms. The van der Waals surface area contributed by atoms with E-state index < -0.39 is 5.97 Å². The van der Waals surface area contributed by atoms with Crippen LogP contribution in [0, 0.1) is 0 Å². The van der Waals surface area contributed by atoms with Crippen molar-refractivity contribution in [2.24, 2.45) is 0 Å². The summed E-state index contributed by atoms with van der Waals surface area (Å²) in [6.45, 7) is 0. The van der Waals surface area contributed by atoms with Crippen LogP contribution in [-0.2, 0) is 4.79 Å². The zero-order chi connectivity index (χ0) is 10.1. The van der Waals surface area contributed by atoms with Crippen LogP contribution >= 0.6 is 27.3 Å². The van der Waals surface area contributed by atoms with Gasteiger partial charge in [0.25, 0.3) is 0 Å². The lowest BCUT2D eigenvalue weighted by molar-refractivity contribution is -0.139. The van der Waals surface area contributed by atoms with E-state index in [-0.39, 0.29) is 12.1 Å². The second-order valence-corrected chi connectivity index (χ2v) is 4.96. The summed E-state index contributed by atoms with van der Waals surface area (Å²) >= 11 is 5.08. The Morgan fingerprint density at radius 2 is 2.36 bits per heavy atom. The summed E-state index contributed by atoms with van der Waals surface area (Å²) in [5.74, 6) is -0.751. The van der Waals surface area contributed by atoms with E-state index in [1.165, 1.54) is 5.56 Å². The first kappa shape index (κ1) is 10.1. The number of carboxylic acids is 1. The smallest absolute Gasteiger partial charge is 0.320 e. The third-order valence-corrected chi connectivity index (χ3v) is 4.21. The van der Waals surface area contributed by atoms with E-state index in [1.807, 2.05) is 5.38 Å². The average molecular weight is 276 g/mol. The first-order valence-electron chi connectivity index (χ1n) is 4.39. The van der Waals surface area contributed by atoms with Gasteiger partial charge in [-0.2, -0.15) is 11.3 Å². The van der Waals surface area contributed by atoms with Crippen LogP contribution in [-0.4, -0.2) is 17.1 Å². The highest BCUT2D eigenvalue weighted by molar-refractivity contribution is 9.10.